The summed E-state index contributed by atoms with van der Waals surface area (Å²) >= 11 is 0. The van der Waals surface area contributed by atoms with Crippen molar-refractivity contribution in [1.29, 1.82) is 0 Å². The third kappa shape index (κ3) is 1.97. The number of benzene rings is 1. The summed E-state index contributed by atoms with van der Waals surface area (Å²) in [4.78, 5) is 37.5. The largest absolute Gasteiger partial charge is 0.360 e. The van der Waals surface area contributed by atoms with Crippen molar-refractivity contribution in [3.05, 3.63) is 36.0 Å². The number of hydrogen-bond acceptors (Lipinski definition) is 3. The molecule has 2 heterocycles. The molecule has 1 atom stereocenters. The number of para-hydroxylation sites is 1. The molecular formula is C13H11N3O3. The summed E-state index contributed by atoms with van der Waals surface area (Å²) in [7, 11) is 0. The maximum Gasteiger partial charge on any atom is 0.254 e. The first-order valence-electron chi connectivity index (χ1n) is 5.86. The van der Waals surface area contributed by atoms with Crippen molar-refractivity contribution in [2.45, 2.75) is 12.5 Å². The Morgan fingerprint density at radius 1 is 1.26 bits per heavy atom. The van der Waals surface area contributed by atoms with Gasteiger partial charge < -0.3 is 10.3 Å². The minimum atomic E-state index is -0.784. The van der Waals surface area contributed by atoms with Crippen molar-refractivity contribution >= 4 is 28.6 Å². The van der Waals surface area contributed by atoms with Gasteiger partial charge in [0.1, 0.15) is 6.04 Å². The number of rotatable bonds is 2. The van der Waals surface area contributed by atoms with Gasteiger partial charge in [-0.3, -0.25) is 19.7 Å². The van der Waals surface area contributed by atoms with Crippen LogP contribution in [0.2, 0.25) is 0 Å². The highest BCUT2D eigenvalue weighted by Crippen LogP contribution is 2.17. The van der Waals surface area contributed by atoms with E-state index in [1.807, 2.05) is 24.3 Å². The zero-order valence-corrected chi connectivity index (χ0v) is 9.90. The molecule has 96 valence electrons. The lowest BCUT2D eigenvalue weighted by Crippen LogP contribution is -2.40. The van der Waals surface area contributed by atoms with Crippen LogP contribution in [0.5, 0.6) is 0 Å². The highest BCUT2D eigenvalue weighted by molar-refractivity contribution is 6.11. The van der Waals surface area contributed by atoms with Crippen molar-refractivity contribution in [1.82, 2.24) is 15.6 Å². The van der Waals surface area contributed by atoms with Gasteiger partial charge in [0, 0.05) is 17.1 Å². The Morgan fingerprint density at radius 3 is 2.79 bits per heavy atom. The number of imide groups is 1. The van der Waals surface area contributed by atoms with E-state index in [1.54, 1.807) is 6.20 Å². The van der Waals surface area contributed by atoms with Gasteiger partial charge in [0.05, 0.1) is 12.0 Å². The van der Waals surface area contributed by atoms with Crippen LogP contribution < -0.4 is 10.6 Å². The quantitative estimate of drug-likeness (QED) is 0.676. The predicted molar refractivity (Wildman–Crippen MR) is 67.3 cm³/mol. The first kappa shape index (κ1) is 11.5. The molecule has 0 bridgehead atoms. The van der Waals surface area contributed by atoms with Crippen LogP contribution in [0.15, 0.2) is 30.5 Å². The number of aromatic amines is 1. The molecule has 0 spiro atoms. The number of amides is 3. The number of carbonyl (C=O) groups excluding carboxylic acids is 3. The van der Waals surface area contributed by atoms with Gasteiger partial charge in [-0.05, 0) is 6.07 Å². The fraction of sp³-hybridized carbons (Fsp3) is 0.154. The van der Waals surface area contributed by atoms with Crippen LogP contribution in [0.1, 0.15) is 16.8 Å². The molecule has 0 aliphatic carbocycles. The second-order valence-corrected chi connectivity index (χ2v) is 4.39. The summed E-state index contributed by atoms with van der Waals surface area (Å²) in [6.07, 6.45) is 1.58. The Kier molecular flexibility index (Phi) is 2.56. The lowest BCUT2D eigenvalue weighted by Gasteiger charge is -2.08. The zero-order chi connectivity index (χ0) is 13.4. The van der Waals surface area contributed by atoms with E-state index in [2.05, 4.69) is 15.6 Å². The van der Waals surface area contributed by atoms with Crippen LogP contribution in [0.3, 0.4) is 0 Å². The number of aromatic nitrogens is 1. The molecule has 1 saturated heterocycles. The Hall–Kier alpha value is -2.63. The molecule has 2 aromatic rings. The first-order chi connectivity index (χ1) is 9.15. The standard InChI is InChI=1S/C13H11N3O3/c17-11-5-10(13(19)16-11)15-12(18)8-6-14-9-4-2-1-3-7(8)9/h1-4,6,10,14H,5H2,(H,15,18)(H,16,17,19). The predicted octanol–water partition coefficient (Wildman–Crippen LogP) is 0.313. The van der Waals surface area contributed by atoms with Crippen molar-refractivity contribution < 1.29 is 14.4 Å². The molecule has 0 radical (unpaired) electrons. The van der Waals surface area contributed by atoms with Crippen LogP contribution in [0.25, 0.3) is 10.9 Å². The molecule has 1 aliphatic heterocycles. The van der Waals surface area contributed by atoms with Crippen LogP contribution in [-0.2, 0) is 9.59 Å². The third-order valence-corrected chi connectivity index (χ3v) is 3.11. The molecule has 1 aromatic carbocycles. The minimum absolute atomic E-state index is 0.00702. The molecule has 3 rings (SSSR count). The van der Waals surface area contributed by atoms with Crippen LogP contribution >= 0.6 is 0 Å². The molecule has 3 amide bonds. The van der Waals surface area contributed by atoms with Gasteiger partial charge in [0.2, 0.25) is 11.8 Å². The van der Waals surface area contributed by atoms with Crippen molar-refractivity contribution in [2.75, 3.05) is 0 Å². The van der Waals surface area contributed by atoms with Gasteiger partial charge in [-0.15, -0.1) is 0 Å². The van der Waals surface area contributed by atoms with Gasteiger partial charge in [0.25, 0.3) is 5.91 Å². The molecule has 0 saturated carbocycles. The van der Waals surface area contributed by atoms with Crippen molar-refractivity contribution in [3.8, 4) is 0 Å². The van der Waals surface area contributed by atoms with E-state index >= 15 is 0 Å². The molecule has 1 fully saturated rings. The van der Waals surface area contributed by atoms with E-state index < -0.39 is 11.9 Å². The van der Waals surface area contributed by atoms with Crippen LogP contribution in [0, 0.1) is 0 Å². The summed E-state index contributed by atoms with van der Waals surface area (Å²) in [6.45, 7) is 0. The van der Waals surface area contributed by atoms with E-state index in [-0.39, 0.29) is 18.2 Å². The van der Waals surface area contributed by atoms with E-state index in [9.17, 15) is 14.4 Å². The number of hydrogen-bond donors (Lipinski definition) is 3. The van der Waals surface area contributed by atoms with Gasteiger partial charge in [-0.1, -0.05) is 18.2 Å². The van der Waals surface area contributed by atoms with Gasteiger partial charge >= 0.3 is 0 Å². The number of H-pyrrole nitrogens is 1. The average Bonchev–Trinajstić information content (AvgIpc) is 2.93. The second-order valence-electron chi connectivity index (χ2n) is 4.39. The molecule has 1 aliphatic rings. The normalized spacial score (nSPS) is 18.6. The van der Waals surface area contributed by atoms with Gasteiger partial charge in [-0.25, -0.2) is 0 Å². The fourth-order valence-electron chi connectivity index (χ4n) is 2.17. The van der Waals surface area contributed by atoms with Crippen LogP contribution in [0.4, 0.5) is 0 Å². The highest BCUT2D eigenvalue weighted by atomic mass is 16.2. The lowest BCUT2D eigenvalue weighted by atomic mass is 10.1. The Morgan fingerprint density at radius 2 is 2.05 bits per heavy atom. The van der Waals surface area contributed by atoms with Crippen molar-refractivity contribution in [2.24, 2.45) is 0 Å². The van der Waals surface area contributed by atoms with E-state index in [0.29, 0.717) is 5.56 Å². The van der Waals surface area contributed by atoms with Gasteiger partial charge in [0.15, 0.2) is 0 Å². The maximum atomic E-state index is 12.1. The number of fused-ring (bicyclic) bond motifs is 1. The van der Waals surface area contributed by atoms with Gasteiger partial charge in [-0.2, -0.15) is 0 Å². The molecule has 1 unspecified atom stereocenters. The number of nitrogens with one attached hydrogen (secondary N) is 3. The molecular weight excluding hydrogens is 246 g/mol. The smallest absolute Gasteiger partial charge is 0.254 e. The average molecular weight is 257 g/mol. The zero-order valence-electron chi connectivity index (χ0n) is 9.90. The third-order valence-electron chi connectivity index (χ3n) is 3.11. The molecule has 6 nitrogen and oxygen atoms in total. The fourth-order valence-corrected chi connectivity index (χ4v) is 2.17. The monoisotopic (exact) mass is 257 g/mol. The Balaban J connectivity index is 1.85. The number of carbonyl (C=O) groups is 3. The van der Waals surface area contributed by atoms with E-state index in [1.165, 1.54) is 0 Å². The molecule has 6 heteroatoms. The summed E-state index contributed by atoms with van der Waals surface area (Å²) in [5.41, 5.74) is 1.31. The second kappa shape index (κ2) is 4.24. The Labute approximate surface area is 108 Å². The van der Waals surface area contributed by atoms with E-state index in [4.69, 9.17) is 0 Å². The Bertz CT molecular complexity index is 689. The highest BCUT2D eigenvalue weighted by Gasteiger charge is 2.32. The van der Waals surface area contributed by atoms with E-state index in [0.717, 1.165) is 10.9 Å². The topological polar surface area (TPSA) is 91.1 Å². The maximum absolute atomic E-state index is 12.1. The SMILES string of the molecule is O=C1CC(NC(=O)c2c[nH]c3ccccc23)C(=O)N1. The van der Waals surface area contributed by atoms with Crippen LogP contribution in [-0.4, -0.2) is 28.7 Å². The summed E-state index contributed by atoms with van der Waals surface area (Å²) in [5, 5.41) is 5.50. The summed E-state index contributed by atoms with van der Waals surface area (Å²) < 4.78 is 0. The van der Waals surface area contributed by atoms with Crippen molar-refractivity contribution in [3.63, 3.8) is 0 Å². The molecule has 1 aromatic heterocycles. The lowest BCUT2D eigenvalue weighted by molar-refractivity contribution is -0.125. The summed E-state index contributed by atoms with van der Waals surface area (Å²) in [6, 6.07) is 6.59. The molecule has 19 heavy (non-hydrogen) atoms. The molecule has 3 N–H and O–H groups in total. The minimum Gasteiger partial charge on any atom is -0.360 e. The first-order valence-corrected chi connectivity index (χ1v) is 5.86. The summed E-state index contributed by atoms with van der Waals surface area (Å²) in [5.74, 6) is -1.19.